The van der Waals surface area contributed by atoms with Crippen molar-refractivity contribution in [3.8, 4) is 5.75 Å². The molecule has 1 aromatic carbocycles. The van der Waals surface area contributed by atoms with Crippen molar-refractivity contribution in [2.24, 2.45) is 11.8 Å². The van der Waals surface area contributed by atoms with Gasteiger partial charge in [0, 0.05) is 11.6 Å². The van der Waals surface area contributed by atoms with E-state index in [-0.39, 0.29) is 18.4 Å². The van der Waals surface area contributed by atoms with Gasteiger partial charge in [0.05, 0.1) is 18.6 Å². The minimum absolute atomic E-state index is 0.0815. The Bertz CT molecular complexity index is 516. The summed E-state index contributed by atoms with van der Waals surface area (Å²) in [6.07, 6.45) is 0.507. The van der Waals surface area contributed by atoms with Crippen LogP contribution in [0.1, 0.15) is 30.6 Å². The maximum absolute atomic E-state index is 12.1. The number of rotatable bonds is 7. The lowest BCUT2D eigenvalue weighted by molar-refractivity contribution is -0.142. The maximum atomic E-state index is 12.1. The summed E-state index contributed by atoms with van der Waals surface area (Å²) in [5.74, 6) is -1.29. The third kappa shape index (κ3) is 5.27. The minimum atomic E-state index is -0.910. The highest BCUT2D eigenvalue weighted by Gasteiger charge is 2.21. The number of hydrogen-bond donors (Lipinski definition) is 2. The Morgan fingerprint density at radius 1 is 1.38 bits per heavy atom. The Kier molecular flexibility index (Phi) is 6.49. The number of carbonyl (C=O) groups is 2. The fourth-order valence-electron chi connectivity index (χ4n) is 2.00. The van der Waals surface area contributed by atoms with Gasteiger partial charge in [-0.25, -0.2) is 0 Å². The summed E-state index contributed by atoms with van der Waals surface area (Å²) in [7, 11) is 1.45. The van der Waals surface area contributed by atoms with Crippen LogP contribution < -0.4 is 10.1 Å². The summed E-state index contributed by atoms with van der Waals surface area (Å²) in [6, 6.07) is 4.68. The summed E-state index contributed by atoms with van der Waals surface area (Å²) >= 11 is 5.84. The first kappa shape index (κ1) is 17.3. The van der Waals surface area contributed by atoms with E-state index in [2.05, 4.69) is 5.32 Å². The van der Waals surface area contributed by atoms with Crippen molar-refractivity contribution >= 4 is 23.5 Å². The van der Waals surface area contributed by atoms with Crippen LogP contribution in [0.15, 0.2) is 18.2 Å². The predicted molar refractivity (Wildman–Crippen MR) is 80.9 cm³/mol. The minimum Gasteiger partial charge on any atom is -0.496 e. The molecule has 0 fully saturated rings. The van der Waals surface area contributed by atoms with Gasteiger partial charge in [-0.05, 0) is 30.5 Å². The van der Waals surface area contributed by atoms with Crippen LogP contribution in [0.4, 0.5) is 0 Å². The van der Waals surface area contributed by atoms with Gasteiger partial charge in [-0.15, -0.1) is 0 Å². The number of carboxylic acids is 1. The lowest BCUT2D eigenvalue weighted by Gasteiger charge is -2.16. The quantitative estimate of drug-likeness (QED) is 0.811. The molecule has 1 atom stereocenters. The van der Waals surface area contributed by atoms with Gasteiger partial charge >= 0.3 is 5.97 Å². The number of methoxy groups -OCH3 is 1. The molecule has 1 unspecified atom stereocenters. The van der Waals surface area contributed by atoms with Gasteiger partial charge < -0.3 is 15.2 Å². The topological polar surface area (TPSA) is 75.6 Å². The van der Waals surface area contributed by atoms with Gasteiger partial charge in [0.2, 0.25) is 0 Å². The summed E-state index contributed by atoms with van der Waals surface area (Å²) in [5, 5.41) is 12.3. The van der Waals surface area contributed by atoms with E-state index in [1.165, 1.54) is 7.11 Å². The van der Waals surface area contributed by atoms with E-state index in [1.54, 1.807) is 18.2 Å². The average molecular weight is 314 g/mol. The highest BCUT2D eigenvalue weighted by atomic mass is 35.5. The second kappa shape index (κ2) is 7.88. The fraction of sp³-hybridized carbons (Fsp3) is 0.467. The van der Waals surface area contributed by atoms with Crippen molar-refractivity contribution < 1.29 is 19.4 Å². The van der Waals surface area contributed by atoms with Crippen LogP contribution in [0.25, 0.3) is 0 Å². The zero-order valence-corrected chi connectivity index (χ0v) is 13.1. The smallest absolute Gasteiger partial charge is 0.308 e. The number of amides is 1. The molecule has 1 amide bonds. The largest absolute Gasteiger partial charge is 0.496 e. The van der Waals surface area contributed by atoms with Crippen LogP contribution in [0.5, 0.6) is 5.75 Å². The van der Waals surface area contributed by atoms with Crippen LogP contribution in [-0.2, 0) is 4.79 Å². The first-order valence-corrected chi connectivity index (χ1v) is 7.07. The molecule has 0 saturated carbocycles. The molecule has 0 bridgehead atoms. The summed E-state index contributed by atoms with van der Waals surface area (Å²) in [6.45, 7) is 3.97. The highest BCUT2D eigenvalue weighted by Crippen LogP contribution is 2.23. The van der Waals surface area contributed by atoms with Crippen LogP contribution in [-0.4, -0.2) is 30.6 Å². The van der Waals surface area contributed by atoms with Gasteiger partial charge in [-0.2, -0.15) is 0 Å². The Balaban J connectivity index is 2.74. The maximum Gasteiger partial charge on any atom is 0.308 e. The van der Waals surface area contributed by atoms with Gasteiger partial charge in [0.25, 0.3) is 5.91 Å². The Morgan fingerprint density at radius 2 is 2.05 bits per heavy atom. The standard InChI is InChI=1S/C15H20ClNO4/c1-9(2)6-10(15(19)20)8-17-14(18)12-5-4-11(16)7-13(12)21-3/h4-5,7,9-10H,6,8H2,1-3H3,(H,17,18)(H,19,20). The summed E-state index contributed by atoms with van der Waals surface area (Å²) in [4.78, 5) is 23.3. The van der Waals surface area contributed by atoms with E-state index in [1.807, 2.05) is 13.8 Å². The molecule has 0 aliphatic heterocycles. The molecule has 5 nitrogen and oxygen atoms in total. The average Bonchev–Trinajstić information content (AvgIpc) is 2.42. The zero-order chi connectivity index (χ0) is 16.0. The molecular formula is C15H20ClNO4. The number of halogens is 1. The second-order valence-electron chi connectivity index (χ2n) is 5.22. The first-order chi connectivity index (χ1) is 9.85. The van der Waals surface area contributed by atoms with E-state index in [0.717, 1.165) is 0 Å². The van der Waals surface area contributed by atoms with E-state index >= 15 is 0 Å². The number of ether oxygens (including phenoxy) is 1. The number of carbonyl (C=O) groups excluding carboxylic acids is 1. The second-order valence-corrected chi connectivity index (χ2v) is 5.66. The summed E-state index contributed by atoms with van der Waals surface area (Å²) < 4.78 is 5.10. The normalized spacial score (nSPS) is 12.0. The van der Waals surface area contributed by atoms with Crippen LogP contribution in [0.2, 0.25) is 5.02 Å². The van der Waals surface area contributed by atoms with Crippen molar-refractivity contribution in [3.63, 3.8) is 0 Å². The number of benzene rings is 1. The molecule has 0 aliphatic rings. The first-order valence-electron chi connectivity index (χ1n) is 6.69. The molecule has 1 rings (SSSR count). The Morgan fingerprint density at radius 3 is 2.57 bits per heavy atom. The Labute approximate surface area is 129 Å². The van der Waals surface area contributed by atoms with Gasteiger partial charge in [-0.3, -0.25) is 9.59 Å². The number of hydrogen-bond acceptors (Lipinski definition) is 3. The van der Waals surface area contributed by atoms with E-state index < -0.39 is 11.9 Å². The predicted octanol–water partition coefficient (Wildman–Crippen LogP) is 2.83. The number of carboxylic acid groups (broad SMARTS) is 1. The van der Waals surface area contributed by atoms with Gasteiger partial charge in [-0.1, -0.05) is 25.4 Å². The highest BCUT2D eigenvalue weighted by molar-refractivity contribution is 6.30. The fourth-order valence-corrected chi connectivity index (χ4v) is 2.17. The van der Waals surface area contributed by atoms with Crippen molar-refractivity contribution in [3.05, 3.63) is 28.8 Å². The third-order valence-corrected chi connectivity index (χ3v) is 3.26. The lowest BCUT2D eigenvalue weighted by atomic mass is 9.97. The molecule has 0 spiro atoms. The number of aliphatic carboxylic acids is 1. The van der Waals surface area contributed by atoms with Crippen LogP contribution >= 0.6 is 11.6 Å². The molecule has 0 aliphatic carbocycles. The molecule has 1 aromatic rings. The van der Waals surface area contributed by atoms with Gasteiger partial charge in [0.1, 0.15) is 5.75 Å². The molecule has 2 N–H and O–H groups in total. The molecular weight excluding hydrogens is 294 g/mol. The molecule has 0 heterocycles. The SMILES string of the molecule is COc1cc(Cl)ccc1C(=O)NCC(CC(C)C)C(=O)O. The van der Waals surface area contributed by atoms with E-state index in [9.17, 15) is 9.59 Å². The Hall–Kier alpha value is -1.75. The molecule has 21 heavy (non-hydrogen) atoms. The molecule has 0 aromatic heterocycles. The van der Waals surface area contributed by atoms with Crippen molar-refractivity contribution in [2.75, 3.05) is 13.7 Å². The summed E-state index contributed by atoms with van der Waals surface area (Å²) in [5.41, 5.74) is 0.329. The van der Waals surface area contributed by atoms with Crippen molar-refractivity contribution in [1.29, 1.82) is 0 Å². The molecule has 0 radical (unpaired) electrons. The lowest BCUT2D eigenvalue weighted by Crippen LogP contribution is -2.33. The van der Waals surface area contributed by atoms with E-state index in [4.69, 9.17) is 21.4 Å². The van der Waals surface area contributed by atoms with Crippen LogP contribution in [0, 0.1) is 11.8 Å². The van der Waals surface area contributed by atoms with Crippen molar-refractivity contribution in [2.45, 2.75) is 20.3 Å². The van der Waals surface area contributed by atoms with E-state index in [0.29, 0.717) is 22.8 Å². The number of nitrogens with one attached hydrogen (secondary N) is 1. The molecule has 0 saturated heterocycles. The zero-order valence-electron chi connectivity index (χ0n) is 12.4. The molecule has 116 valence electrons. The van der Waals surface area contributed by atoms with Crippen molar-refractivity contribution in [1.82, 2.24) is 5.32 Å². The van der Waals surface area contributed by atoms with Crippen LogP contribution in [0.3, 0.4) is 0 Å². The van der Waals surface area contributed by atoms with Gasteiger partial charge in [0.15, 0.2) is 0 Å². The molecule has 6 heteroatoms. The monoisotopic (exact) mass is 313 g/mol. The third-order valence-electron chi connectivity index (χ3n) is 3.02.